The van der Waals surface area contributed by atoms with Crippen LogP contribution >= 0.6 is 0 Å². The lowest BCUT2D eigenvalue weighted by Gasteiger charge is -2.18. The number of ether oxygens (including phenoxy) is 1. The molecule has 0 radical (unpaired) electrons. The van der Waals surface area contributed by atoms with Crippen LogP contribution in [0.25, 0.3) is 0 Å². The van der Waals surface area contributed by atoms with Crippen LogP contribution in [0.15, 0.2) is 16.5 Å². The van der Waals surface area contributed by atoms with E-state index in [1.54, 1.807) is 0 Å². The minimum atomic E-state index is -0.0276. The topological polar surface area (TPSA) is 45.8 Å². The Hall–Kier alpha value is -0.840. The Bertz CT molecular complexity index is 318. The summed E-state index contributed by atoms with van der Waals surface area (Å²) in [6, 6.07) is 3.75. The van der Waals surface area contributed by atoms with E-state index in [0.29, 0.717) is 11.7 Å². The van der Waals surface area contributed by atoms with E-state index in [2.05, 4.69) is 11.9 Å². The van der Waals surface area contributed by atoms with Gasteiger partial charge in [-0.3, -0.25) is 4.90 Å². The lowest BCUT2D eigenvalue weighted by molar-refractivity contribution is 0.169. The van der Waals surface area contributed by atoms with Gasteiger partial charge in [0.05, 0.1) is 13.2 Å². The zero-order valence-corrected chi connectivity index (χ0v) is 9.69. The van der Waals surface area contributed by atoms with Crippen LogP contribution < -0.4 is 0 Å². The van der Waals surface area contributed by atoms with Gasteiger partial charge in [-0.1, -0.05) is 0 Å². The average Bonchev–Trinajstić information content (AvgIpc) is 2.89. The molecule has 4 nitrogen and oxygen atoms in total. The Morgan fingerprint density at radius 3 is 2.88 bits per heavy atom. The van der Waals surface area contributed by atoms with Crippen molar-refractivity contribution in [2.24, 2.45) is 5.92 Å². The maximum atomic E-state index is 8.89. The molecule has 16 heavy (non-hydrogen) atoms. The predicted molar refractivity (Wildman–Crippen MR) is 59.9 cm³/mol. The average molecular weight is 225 g/mol. The first-order valence-electron chi connectivity index (χ1n) is 5.72. The first-order valence-corrected chi connectivity index (χ1v) is 5.72. The minimum Gasteiger partial charge on any atom is -0.462 e. The molecule has 4 heteroatoms. The summed E-state index contributed by atoms with van der Waals surface area (Å²) in [4.78, 5) is 2.24. The molecule has 2 heterocycles. The van der Waals surface area contributed by atoms with E-state index in [-0.39, 0.29) is 6.61 Å². The van der Waals surface area contributed by atoms with Crippen LogP contribution in [-0.2, 0) is 17.9 Å². The molecule has 0 aromatic carbocycles. The number of hydrogen-bond donors (Lipinski definition) is 1. The number of aliphatic hydroxyl groups excluding tert-OH is 1. The van der Waals surface area contributed by atoms with Gasteiger partial charge in [0.2, 0.25) is 0 Å². The molecule has 1 N–H and O–H groups in total. The lowest BCUT2D eigenvalue weighted by Crippen LogP contribution is -2.25. The molecular weight excluding hydrogens is 206 g/mol. The van der Waals surface area contributed by atoms with Crippen LogP contribution in [0.1, 0.15) is 17.9 Å². The van der Waals surface area contributed by atoms with Gasteiger partial charge in [0, 0.05) is 13.2 Å². The number of nitrogens with zero attached hydrogens (tertiary/aromatic N) is 1. The summed E-state index contributed by atoms with van der Waals surface area (Å²) in [6.45, 7) is 3.57. The molecule has 1 fully saturated rings. The van der Waals surface area contributed by atoms with Crippen molar-refractivity contribution in [3.63, 3.8) is 0 Å². The molecule has 0 saturated carbocycles. The van der Waals surface area contributed by atoms with Gasteiger partial charge >= 0.3 is 0 Å². The normalized spacial score (nSPS) is 20.8. The lowest BCUT2D eigenvalue weighted by atomic mass is 10.1. The Balaban J connectivity index is 1.79. The highest BCUT2D eigenvalue weighted by molar-refractivity contribution is 5.06. The molecule has 0 aliphatic carbocycles. The van der Waals surface area contributed by atoms with Gasteiger partial charge in [-0.05, 0) is 31.5 Å². The van der Waals surface area contributed by atoms with E-state index in [9.17, 15) is 0 Å². The van der Waals surface area contributed by atoms with Crippen molar-refractivity contribution >= 4 is 0 Å². The van der Waals surface area contributed by atoms with Crippen LogP contribution in [-0.4, -0.2) is 36.8 Å². The maximum Gasteiger partial charge on any atom is 0.129 e. The summed E-state index contributed by atoms with van der Waals surface area (Å²) in [7, 11) is 2.08. The summed E-state index contributed by atoms with van der Waals surface area (Å²) in [5.74, 6) is 2.19. The highest BCUT2D eigenvalue weighted by Crippen LogP contribution is 2.15. The van der Waals surface area contributed by atoms with E-state index in [1.165, 1.54) is 0 Å². The van der Waals surface area contributed by atoms with Crippen molar-refractivity contribution in [3.05, 3.63) is 23.7 Å². The number of hydrogen-bond acceptors (Lipinski definition) is 4. The molecule has 2 rings (SSSR count). The first-order chi connectivity index (χ1) is 7.78. The standard InChI is InChI=1S/C12H19NO3/c1-13(6-10-4-5-15-9-10)7-11-2-3-12(8-14)16-11/h2-3,10,14H,4-9H2,1H3. The molecule has 1 unspecified atom stereocenters. The fourth-order valence-corrected chi connectivity index (χ4v) is 2.09. The second-order valence-electron chi connectivity index (χ2n) is 4.45. The summed E-state index contributed by atoms with van der Waals surface area (Å²) in [5, 5.41) is 8.89. The van der Waals surface area contributed by atoms with Crippen LogP contribution in [0.2, 0.25) is 0 Å². The Morgan fingerprint density at radius 2 is 2.25 bits per heavy atom. The quantitative estimate of drug-likeness (QED) is 0.819. The summed E-state index contributed by atoms with van der Waals surface area (Å²) >= 11 is 0. The van der Waals surface area contributed by atoms with Crippen LogP contribution in [0.5, 0.6) is 0 Å². The van der Waals surface area contributed by atoms with Crippen molar-refractivity contribution in [2.45, 2.75) is 19.6 Å². The van der Waals surface area contributed by atoms with Crippen molar-refractivity contribution in [1.29, 1.82) is 0 Å². The molecule has 1 saturated heterocycles. The molecule has 1 aliphatic heterocycles. The third kappa shape index (κ3) is 3.07. The second kappa shape index (κ2) is 5.48. The SMILES string of the molecule is CN(Cc1ccc(CO)o1)CC1CCOC1. The molecule has 1 atom stereocenters. The third-order valence-corrected chi connectivity index (χ3v) is 2.89. The highest BCUT2D eigenvalue weighted by Gasteiger charge is 2.17. The van der Waals surface area contributed by atoms with Gasteiger partial charge in [-0.15, -0.1) is 0 Å². The highest BCUT2D eigenvalue weighted by atomic mass is 16.5. The van der Waals surface area contributed by atoms with Gasteiger partial charge in [-0.2, -0.15) is 0 Å². The zero-order valence-electron chi connectivity index (χ0n) is 9.69. The van der Waals surface area contributed by atoms with Gasteiger partial charge in [0.25, 0.3) is 0 Å². The van der Waals surface area contributed by atoms with Crippen LogP contribution in [0, 0.1) is 5.92 Å². The van der Waals surface area contributed by atoms with E-state index in [4.69, 9.17) is 14.3 Å². The fraction of sp³-hybridized carbons (Fsp3) is 0.667. The molecule has 90 valence electrons. The Kier molecular flexibility index (Phi) is 3.98. The number of furan rings is 1. The minimum absolute atomic E-state index is 0.0276. The largest absolute Gasteiger partial charge is 0.462 e. The van der Waals surface area contributed by atoms with E-state index in [0.717, 1.165) is 38.5 Å². The summed E-state index contributed by atoms with van der Waals surface area (Å²) < 4.78 is 10.8. The molecule has 0 spiro atoms. The third-order valence-electron chi connectivity index (χ3n) is 2.89. The predicted octanol–water partition coefficient (Wildman–Crippen LogP) is 1.24. The first kappa shape index (κ1) is 11.6. The summed E-state index contributed by atoms with van der Waals surface area (Å²) in [5.41, 5.74) is 0. The maximum absolute atomic E-state index is 8.89. The van der Waals surface area contributed by atoms with Crippen molar-refractivity contribution in [3.8, 4) is 0 Å². The molecule has 0 bridgehead atoms. The van der Waals surface area contributed by atoms with Crippen molar-refractivity contribution < 1.29 is 14.3 Å². The summed E-state index contributed by atoms with van der Waals surface area (Å²) in [6.07, 6.45) is 1.16. The molecule has 1 aromatic rings. The van der Waals surface area contributed by atoms with E-state index < -0.39 is 0 Å². The Labute approximate surface area is 95.8 Å². The van der Waals surface area contributed by atoms with Gasteiger partial charge < -0.3 is 14.3 Å². The fourth-order valence-electron chi connectivity index (χ4n) is 2.09. The zero-order chi connectivity index (χ0) is 11.4. The smallest absolute Gasteiger partial charge is 0.129 e. The van der Waals surface area contributed by atoms with Crippen LogP contribution in [0.4, 0.5) is 0 Å². The molecule has 1 aromatic heterocycles. The van der Waals surface area contributed by atoms with E-state index in [1.807, 2.05) is 12.1 Å². The van der Waals surface area contributed by atoms with Gasteiger partial charge in [-0.25, -0.2) is 0 Å². The van der Waals surface area contributed by atoms with Crippen molar-refractivity contribution in [2.75, 3.05) is 26.8 Å². The number of rotatable bonds is 5. The Morgan fingerprint density at radius 1 is 1.44 bits per heavy atom. The molecule has 0 amide bonds. The molecule has 1 aliphatic rings. The van der Waals surface area contributed by atoms with Gasteiger partial charge in [0.15, 0.2) is 0 Å². The van der Waals surface area contributed by atoms with Gasteiger partial charge in [0.1, 0.15) is 18.1 Å². The van der Waals surface area contributed by atoms with Crippen LogP contribution in [0.3, 0.4) is 0 Å². The van der Waals surface area contributed by atoms with Crippen molar-refractivity contribution in [1.82, 2.24) is 4.90 Å². The number of aliphatic hydroxyl groups is 1. The van der Waals surface area contributed by atoms with E-state index >= 15 is 0 Å². The second-order valence-corrected chi connectivity index (χ2v) is 4.45. The monoisotopic (exact) mass is 225 g/mol. The molecular formula is C12H19NO3.